The number of carbonyl (C=O) groups is 3. The Morgan fingerprint density at radius 2 is 1.54 bits per heavy atom. The van der Waals surface area contributed by atoms with Gasteiger partial charge in [0.05, 0.1) is 11.8 Å². The Kier molecular flexibility index (Phi) is 4.78. The second kappa shape index (κ2) is 6.74. The molecule has 4 atom stereocenters. The molecular weight excluding hydrogens is 332 g/mol. The molecule has 0 aromatic heterocycles. The first-order valence-corrected chi connectivity index (χ1v) is 9.12. The van der Waals surface area contributed by atoms with Gasteiger partial charge in [-0.1, -0.05) is 32.9 Å². The summed E-state index contributed by atoms with van der Waals surface area (Å²) in [6.45, 7) is 6.28. The first kappa shape index (κ1) is 18.4. The highest BCUT2D eigenvalue weighted by Gasteiger charge is 2.54. The summed E-state index contributed by atoms with van der Waals surface area (Å²) < 4.78 is 0. The van der Waals surface area contributed by atoms with Gasteiger partial charge in [-0.2, -0.15) is 0 Å². The first-order chi connectivity index (χ1) is 12.2. The summed E-state index contributed by atoms with van der Waals surface area (Å²) in [5, 5.41) is 9.43. The van der Waals surface area contributed by atoms with Crippen LogP contribution in [0.25, 0.3) is 0 Å². The van der Waals surface area contributed by atoms with E-state index >= 15 is 0 Å². The Morgan fingerprint density at radius 3 is 2.08 bits per heavy atom. The SMILES string of the molecule is CC(C)(C)c1ccc(C(=O)NNC(=O)[C@H]2[C@H]3CC[C@@H](C3)[C@H]2C(=O)O)cc1. The molecule has 0 spiro atoms. The largest absolute Gasteiger partial charge is 0.481 e. The van der Waals surface area contributed by atoms with E-state index in [1.807, 2.05) is 12.1 Å². The standard InChI is InChI=1S/C20H26N2O4/c1-20(2,3)14-8-6-11(7-9-14)17(23)21-22-18(24)15-12-4-5-13(10-12)16(15)19(25)26/h6-9,12-13,15-16H,4-5,10H2,1-3H3,(H,21,23)(H,22,24)(H,25,26)/t12-,13-,15-,16+/m0/s1. The van der Waals surface area contributed by atoms with Gasteiger partial charge in [0.25, 0.3) is 5.91 Å². The number of hydrogen-bond acceptors (Lipinski definition) is 3. The van der Waals surface area contributed by atoms with Crippen molar-refractivity contribution in [1.29, 1.82) is 0 Å². The third-order valence-corrected chi connectivity index (χ3v) is 5.82. The molecule has 6 nitrogen and oxygen atoms in total. The van der Waals surface area contributed by atoms with E-state index < -0.39 is 29.6 Å². The lowest BCUT2D eigenvalue weighted by atomic mass is 9.79. The van der Waals surface area contributed by atoms with Gasteiger partial charge in [-0.3, -0.25) is 25.2 Å². The summed E-state index contributed by atoms with van der Waals surface area (Å²) >= 11 is 0. The van der Waals surface area contributed by atoms with Crippen molar-refractivity contribution < 1.29 is 19.5 Å². The number of aliphatic carboxylic acids is 1. The molecule has 0 saturated heterocycles. The highest BCUT2D eigenvalue weighted by atomic mass is 16.4. The van der Waals surface area contributed by atoms with E-state index in [1.165, 1.54) is 0 Å². The Hall–Kier alpha value is -2.37. The molecule has 26 heavy (non-hydrogen) atoms. The van der Waals surface area contributed by atoms with Crippen LogP contribution in [0.2, 0.25) is 0 Å². The summed E-state index contributed by atoms with van der Waals surface area (Å²) in [5.74, 6) is -2.75. The molecule has 2 bridgehead atoms. The minimum absolute atomic E-state index is 0.00312. The van der Waals surface area contributed by atoms with E-state index in [2.05, 4.69) is 31.6 Å². The molecule has 2 amide bonds. The van der Waals surface area contributed by atoms with Crippen LogP contribution in [0.3, 0.4) is 0 Å². The number of carboxylic acid groups (broad SMARTS) is 1. The summed E-state index contributed by atoms with van der Waals surface area (Å²) in [6, 6.07) is 7.24. The molecule has 1 aromatic rings. The monoisotopic (exact) mass is 358 g/mol. The zero-order valence-electron chi connectivity index (χ0n) is 15.4. The molecule has 2 saturated carbocycles. The van der Waals surface area contributed by atoms with Crippen LogP contribution in [-0.4, -0.2) is 22.9 Å². The fourth-order valence-electron chi connectivity index (χ4n) is 4.42. The zero-order chi connectivity index (χ0) is 19.1. The minimum atomic E-state index is -0.915. The summed E-state index contributed by atoms with van der Waals surface area (Å²) in [5.41, 5.74) is 6.41. The Morgan fingerprint density at radius 1 is 0.962 bits per heavy atom. The molecule has 3 N–H and O–H groups in total. The lowest BCUT2D eigenvalue weighted by Crippen LogP contribution is -2.48. The van der Waals surface area contributed by atoms with Crippen molar-refractivity contribution in [2.75, 3.05) is 0 Å². The molecule has 0 heterocycles. The molecule has 6 heteroatoms. The molecule has 2 aliphatic rings. The van der Waals surface area contributed by atoms with Gasteiger partial charge in [0, 0.05) is 5.56 Å². The summed E-state index contributed by atoms with van der Waals surface area (Å²) in [7, 11) is 0. The molecule has 2 fully saturated rings. The second-order valence-electron chi connectivity index (χ2n) is 8.49. The Bertz CT molecular complexity index is 720. The average Bonchev–Trinajstić information content (AvgIpc) is 3.19. The smallest absolute Gasteiger partial charge is 0.307 e. The number of hydrazine groups is 1. The van der Waals surface area contributed by atoms with E-state index in [0.29, 0.717) is 5.56 Å². The molecular formula is C20H26N2O4. The van der Waals surface area contributed by atoms with Crippen LogP contribution in [0.15, 0.2) is 24.3 Å². The van der Waals surface area contributed by atoms with E-state index in [1.54, 1.807) is 12.1 Å². The van der Waals surface area contributed by atoms with Gasteiger partial charge in [0.2, 0.25) is 5.91 Å². The lowest BCUT2D eigenvalue weighted by molar-refractivity contribution is -0.149. The van der Waals surface area contributed by atoms with Crippen LogP contribution in [0.5, 0.6) is 0 Å². The van der Waals surface area contributed by atoms with Gasteiger partial charge in [-0.25, -0.2) is 0 Å². The molecule has 0 aliphatic heterocycles. The van der Waals surface area contributed by atoms with E-state index in [-0.39, 0.29) is 17.3 Å². The van der Waals surface area contributed by atoms with Crippen LogP contribution in [-0.2, 0) is 15.0 Å². The van der Waals surface area contributed by atoms with Crippen molar-refractivity contribution in [2.45, 2.75) is 45.4 Å². The Balaban J connectivity index is 1.61. The van der Waals surface area contributed by atoms with Gasteiger partial charge in [-0.15, -0.1) is 0 Å². The lowest BCUT2D eigenvalue weighted by Gasteiger charge is -2.27. The fourth-order valence-corrected chi connectivity index (χ4v) is 4.42. The van der Waals surface area contributed by atoms with Crippen molar-refractivity contribution in [3.05, 3.63) is 35.4 Å². The topological polar surface area (TPSA) is 95.5 Å². The van der Waals surface area contributed by atoms with Crippen LogP contribution >= 0.6 is 0 Å². The number of nitrogens with one attached hydrogen (secondary N) is 2. The van der Waals surface area contributed by atoms with E-state index in [0.717, 1.165) is 24.8 Å². The highest BCUT2D eigenvalue weighted by Crippen LogP contribution is 2.52. The number of rotatable bonds is 3. The quantitative estimate of drug-likeness (QED) is 0.724. The minimum Gasteiger partial charge on any atom is -0.481 e. The third-order valence-electron chi connectivity index (χ3n) is 5.82. The molecule has 140 valence electrons. The van der Waals surface area contributed by atoms with Gasteiger partial charge in [0.15, 0.2) is 0 Å². The van der Waals surface area contributed by atoms with Crippen molar-refractivity contribution in [3.63, 3.8) is 0 Å². The Labute approximate surface area is 153 Å². The van der Waals surface area contributed by atoms with E-state index in [9.17, 15) is 19.5 Å². The molecule has 1 aromatic carbocycles. The third kappa shape index (κ3) is 3.45. The number of carboxylic acids is 1. The number of benzene rings is 1. The average molecular weight is 358 g/mol. The van der Waals surface area contributed by atoms with Crippen LogP contribution in [0.1, 0.15) is 56.0 Å². The summed E-state index contributed by atoms with van der Waals surface area (Å²) in [6.07, 6.45) is 2.55. The second-order valence-corrected chi connectivity index (χ2v) is 8.49. The van der Waals surface area contributed by atoms with Crippen molar-refractivity contribution >= 4 is 17.8 Å². The maximum absolute atomic E-state index is 12.5. The summed E-state index contributed by atoms with van der Waals surface area (Å²) in [4.78, 5) is 36.3. The van der Waals surface area contributed by atoms with Crippen LogP contribution in [0.4, 0.5) is 0 Å². The predicted molar refractivity (Wildman–Crippen MR) is 96.2 cm³/mol. The molecule has 0 unspecified atom stereocenters. The number of hydrogen-bond donors (Lipinski definition) is 3. The fraction of sp³-hybridized carbons (Fsp3) is 0.550. The van der Waals surface area contributed by atoms with Crippen molar-refractivity contribution in [3.8, 4) is 0 Å². The maximum Gasteiger partial charge on any atom is 0.307 e. The highest BCUT2D eigenvalue weighted by molar-refractivity contribution is 5.96. The van der Waals surface area contributed by atoms with Crippen LogP contribution < -0.4 is 10.9 Å². The number of carbonyl (C=O) groups excluding carboxylic acids is 2. The predicted octanol–water partition coefficient (Wildman–Crippen LogP) is 2.49. The zero-order valence-corrected chi connectivity index (χ0v) is 15.4. The molecule has 3 rings (SSSR count). The maximum atomic E-state index is 12.5. The van der Waals surface area contributed by atoms with Crippen molar-refractivity contribution in [1.82, 2.24) is 10.9 Å². The van der Waals surface area contributed by atoms with Gasteiger partial charge in [0.1, 0.15) is 0 Å². The van der Waals surface area contributed by atoms with Gasteiger partial charge in [-0.05, 0) is 54.2 Å². The van der Waals surface area contributed by atoms with Gasteiger partial charge >= 0.3 is 5.97 Å². The first-order valence-electron chi connectivity index (χ1n) is 9.12. The number of amides is 2. The van der Waals surface area contributed by atoms with Crippen LogP contribution in [0, 0.1) is 23.7 Å². The molecule has 0 radical (unpaired) electrons. The van der Waals surface area contributed by atoms with Crippen molar-refractivity contribution in [2.24, 2.45) is 23.7 Å². The van der Waals surface area contributed by atoms with Gasteiger partial charge < -0.3 is 5.11 Å². The number of fused-ring (bicyclic) bond motifs is 2. The van der Waals surface area contributed by atoms with E-state index in [4.69, 9.17) is 0 Å². The normalized spacial score (nSPS) is 27.2. The molecule has 2 aliphatic carbocycles.